The summed E-state index contributed by atoms with van der Waals surface area (Å²) in [4.78, 5) is 26.9. The third-order valence-corrected chi connectivity index (χ3v) is 7.21. The summed E-state index contributed by atoms with van der Waals surface area (Å²) in [6.45, 7) is 2.74. The highest BCUT2D eigenvalue weighted by Crippen LogP contribution is 2.29. The molecule has 2 amide bonds. The molecule has 11 heteroatoms. The maximum absolute atomic E-state index is 13.3. The average molecular weight is 521 g/mol. The van der Waals surface area contributed by atoms with Crippen molar-refractivity contribution >= 4 is 62.3 Å². The van der Waals surface area contributed by atoms with Crippen LogP contribution in [-0.2, 0) is 26.2 Å². The number of hydrogen-bond donors (Lipinski definition) is 1. The fourth-order valence-corrected chi connectivity index (χ4v) is 4.48. The van der Waals surface area contributed by atoms with Crippen molar-refractivity contribution in [1.82, 2.24) is 10.2 Å². The predicted octanol–water partition coefficient (Wildman–Crippen LogP) is 3.88. The summed E-state index contributed by atoms with van der Waals surface area (Å²) in [7, 11) is -2.38. The van der Waals surface area contributed by atoms with Gasteiger partial charge in [-0.2, -0.15) is 0 Å². The molecule has 0 aliphatic heterocycles. The molecule has 0 saturated heterocycles. The predicted molar refractivity (Wildman–Crippen MR) is 129 cm³/mol. The van der Waals surface area contributed by atoms with Crippen LogP contribution in [0.4, 0.5) is 5.69 Å². The number of amides is 2. The van der Waals surface area contributed by atoms with Gasteiger partial charge < -0.3 is 10.2 Å². The molecule has 1 N–H and O–H groups in total. The van der Waals surface area contributed by atoms with Crippen LogP contribution >= 0.6 is 34.8 Å². The number of likely N-dealkylation sites (N-methyl/N-ethyl adjacent to an activating group) is 1. The summed E-state index contributed by atoms with van der Waals surface area (Å²) in [6.07, 6.45) is 1.01. The van der Waals surface area contributed by atoms with Gasteiger partial charge in [-0.1, -0.05) is 46.9 Å². The van der Waals surface area contributed by atoms with Crippen LogP contribution in [0.3, 0.4) is 0 Å². The molecule has 0 aliphatic rings. The number of carbonyl (C=O) groups is 2. The van der Waals surface area contributed by atoms with E-state index in [1.54, 1.807) is 50.2 Å². The third-order valence-electron chi connectivity index (χ3n) is 4.94. The number of rotatable bonds is 8. The van der Waals surface area contributed by atoms with Gasteiger partial charge in [0, 0.05) is 18.6 Å². The van der Waals surface area contributed by atoms with E-state index >= 15 is 0 Å². The third kappa shape index (κ3) is 6.28. The Kier molecular flexibility index (Phi) is 8.82. The largest absolute Gasteiger partial charge is 0.357 e. The number of benzene rings is 2. The van der Waals surface area contributed by atoms with Gasteiger partial charge in [0.2, 0.25) is 21.8 Å². The summed E-state index contributed by atoms with van der Waals surface area (Å²) in [5, 5.41) is 3.54. The van der Waals surface area contributed by atoms with E-state index in [1.807, 2.05) is 0 Å². The zero-order chi connectivity index (χ0) is 24.2. The maximum Gasteiger partial charge on any atom is 0.244 e. The Morgan fingerprint density at radius 1 is 1.06 bits per heavy atom. The summed E-state index contributed by atoms with van der Waals surface area (Å²) in [5.41, 5.74) is 1.44. The Morgan fingerprint density at radius 3 is 2.28 bits per heavy atom. The highest BCUT2D eigenvalue weighted by molar-refractivity contribution is 7.92. The van der Waals surface area contributed by atoms with E-state index in [-0.39, 0.29) is 12.2 Å². The van der Waals surface area contributed by atoms with Gasteiger partial charge in [-0.05, 0) is 49.2 Å². The van der Waals surface area contributed by atoms with Gasteiger partial charge in [0.05, 0.1) is 22.0 Å². The molecule has 0 heterocycles. The van der Waals surface area contributed by atoms with Crippen molar-refractivity contribution in [3.8, 4) is 0 Å². The van der Waals surface area contributed by atoms with Crippen molar-refractivity contribution < 1.29 is 18.0 Å². The standard InChI is InChI=1S/C21H24Cl3N3O4S/c1-13-16(22)6-5-7-19(13)27(32(4,30)31)12-20(28)26(14(2)21(29)25-3)11-15-8-9-17(23)18(24)10-15/h5-10,14H,11-12H2,1-4H3,(H,25,29). The molecule has 0 bridgehead atoms. The van der Waals surface area contributed by atoms with Crippen LogP contribution in [0.1, 0.15) is 18.1 Å². The normalized spacial score (nSPS) is 12.2. The van der Waals surface area contributed by atoms with Gasteiger partial charge in [-0.15, -0.1) is 0 Å². The number of nitrogens with zero attached hydrogens (tertiary/aromatic N) is 2. The molecule has 174 valence electrons. The van der Waals surface area contributed by atoms with E-state index in [2.05, 4.69) is 5.32 Å². The maximum atomic E-state index is 13.3. The minimum Gasteiger partial charge on any atom is -0.357 e. The van der Waals surface area contributed by atoms with Gasteiger partial charge >= 0.3 is 0 Å². The first-order valence-electron chi connectivity index (χ1n) is 9.54. The van der Waals surface area contributed by atoms with Crippen LogP contribution < -0.4 is 9.62 Å². The Bertz CT molecular complexity index is 1130. The molecule has 2 aromatic rings. The van der Waals surface area contributed by atoms with Gasteiger partial charge in [0.1, 0.15) is 12.6 Å². The molecule has 0 fully saturated rings. The second kappa shape index (κ2) is 10.7. The molecule has 1 atom stereocenters. The lowest BCUT2D eigenvalue weighted by molar-refractivity contribution is -0.139. The van der Waals surface area contributed by atoms with Crippen LogP contribution in [0.5, 0.6) is 0 Å². The van der Waals surface area contributed by atoms with Gasteiger partial charge in [-0.25, -0.2) is 8.42 Å². The molecule has 2 rings (SSSR count). The Labute approximate surface area is 203 Å². The number of nitrogens with one attached hydrogen (secondary N) is 1. The number of carbonyl (C=O) groups excluding carboxylic acids is 2. The van der Waals surface area contributed by atoms with Crippen molar-refractivity contribution in [2.24, 2.45) is 0 Å². The fraction of sp³-hybridized carbons (Fsp3) is 0.333. The molecule has 0 spiro atoms. The summed E-state index contributed by atoms with van der Waals surface area (Å²) in [5.74, 6) is -0.972. The Hall–Kier alpha value is -2.00. The summed E-state index contributed by atoms with van der Waals surface area (Å²) in [6, 6.07) is 8.80. The molecule has 0 aliphatic carbocycles. The first-order valence-corrected chi connectivity index (χ1v) is 12.5. The van der Waals surface area contributed by atoms with E-state index < -0.39 is 34.4 Å². The Balaban J connectivity index is 2.45. The number of sulfonamides is 1. The van der Waals surface area contributed by atoms with Crippen molar-refractivity contribution in [2.45, 2.75) is 26.4 Å². The van der Waals surface area contributed by atoms with Gasteiger partial charge in [0.25, 0.3) is 0 Å². The van der Waals surface area contributed by atoms with Gasteiger partial charge in [0.15, 0.2) is 0 Å². The smallest absolute Gasteiger partial charge is 0.244 e. The molecule has 1 unspecified atom stereocenters. The molecular weight excluding hydrogens is 497 g/mol. The van der Waals surface area contributed by atoms with Gasteiger partial charge in [-0.3, -0.25) is 13.9 Å². The number of halogens is 3. The topological polar surface area (TPSA) is 86.8 Å². The number of hydrogen-bond acceptors (Lipinski definition) is 4. The second-order valence-corrected chi connectivity index (χ2v) is 10.3. The molecule has 7 nitrogen and oxygen atoms in total. The highest BCUT2D eigenvalue weighted by Gasteiger charge is 2.30. The van der Waals surface area contributed by atoms with Crippen molar-refractivity contribution in [3.63, 3.8) is 0 Å². The molecule has 0 radical (unpaired) electrons. The van der Waals surface area contributed by atoms with Crippen LogP contribution in [0.15, 0.2) is 36.4 Å². The lowest BCUT2D eigenvalue weighted by atomic mass is 10.1. The zero-order valence-corrected chi connectivity index (χ0v) is 21.1. The van der Waals surface area contributed by atoms with E-state index in [0.29, 0.717) is 26.2 Å². The average Bonchev–Trinajstić information content (AvgIpc) is 2.73. The lowest BCUT2D eigenvalue weighted by Crippen LogP contribution is -2.50. The molecule has 0 saturated carbocycles. The van der Waals surface area contributed by atoms with Crippen molar-refractivity contribution in [2.75, 3.05) is 24.2 Å². The van der Waals surface area contributed by atoms with E-state index in [1.165, 1.54) is 11.9 Å². The lowest BCUT2D eigenvalue weighted by Gasteiger charge is -2.31. The van der Waals surface area contributed by atoms with Crippen LogP contribution in [0.2, 0.25) is 15.1 Å². The quantitative estimate of drug-likeness (QED) is 0.572. The molecular formula is C21H24Cl3N3O4S. The van der Waals surface area contributed by atoms with Crippen LogP contribution in [0, 0.1) is 6.92 Å². The SMILES string of the molecule is CNC(=O)C(C)N(Cc1ccc(Cl)c(Cl)c1)C(=O)CN(c1cccc(Cl)c1C)S(C)(=O)=O. The zero-order valence-electron chi connectivity index (χ0n) is 18.0. The van der Waals surface area contributed by atoms with Crippen LogP contribution in [0.25, 0.3) is 0 Å². The number of anilines is 1. The van der Waals surface area contributed by atoms with Crippen molar-refractivity contribution in [1.29, 1.82) is 0 Å². The monoisotopic (exact) mass is 519 g/mol. The van der Waals surface area contributed by atoms with E-state index in [9.17, 15) is 18.0 Å². The van der Waals surface area contributed by atoms with E-state index in [4.69, 9.17) is 34.8 Å². The van der Waals surface area contributed by atoms with Crippen LogP contribution in [-0.4, -0.2) is 51.0 Å². The minimum atomic E-state index is -3.83. The first-order chi connectivity index (χ1) is 14.9. The fourth-order valence-electron chi connectivity index (χ4n) is 3.09. The van der Waals surface area contributed by atoms with E-state index in [0.717, 1.165) is 10.6 Å². The first kappa shape index (κ1) is 26.3. The Morgan fingerprint density at radius 2 is 1.72 bits per heavy atom. The minimum absolute atomic E-state index is 0.0242. The van der Waals surface area contributed by atoms with Crippen molar-refractivity contribution in [3.05, 3.63) is 62.6 Å². The molecule has 0 aromatic heterocycles. The summed E-state index contributed by atoms with van der Waals surface area (Å²) < 4.78 is 26.1. The second-order valence-electron chi connectivity index (χ2n) is 7.21. The molecule has 32 heavy (non-hydrogen) atoms. The molecule has 2 aromatic carbocycles. The summed E-state index contributed by atoms with van der Waals surface area (Å²) >= 11 is 18.2. The highest BCUT2D eigenvalue weighted by atomic mass is 35.5.